The highest BCUT2D eigenvalue weighted by Crippen LogP contribution is 2.28. The summed E-state index contributed by atoms with van der Waals surface area (Å²) in [4.78, 5) is 32.2. The molecule has 4 rings (SSSR count). The van der Waals surface area contributed by atoms with E-state index < -0.39 is 4.92 Å². The monoisotopic (exact) mass is 394 g/mol. The number of hydrogen-bond acceptors (Lipinski definition) is 4. The van der Waals surface area contributed by atoms with Gasteiger partial charge in [-0.15, -0.1) is 0 Å². The number of piperidine rings is 1. The van der Waals surface area contributed by atoms with Gasteiger partial charge in [-0.25, -0.2) is 9.37 Å². The number of aromatic amines is 1. The molecule has 2 heterocycles. The maximum absolute atomic E-state index is 13.4. The Bertz CT molecular complexity index is 1080. The molecule has 7 nitrogen and oxygen atoms in total. The van der Waals surface area contributed by atoms with Crippen molar-refractivity contribution in [1.82, 2.24) is 14.9 Å². The zero-order valence-corrected chi connectivity index (χ0v) is 15.5. The quantitative estimate of drug-likeness (QED) is 0.411. The molecule has 0 aliphatic carbocycles. The minimum atomic E-state index is -0.457. The van der Waals surface area contributed by atoms with Crippen LogP contribution in [0, 0.1) is 15.9 Å². The molecule has 1 saturated heterocycles. The molecule has 0 spiro atoms. The van der Waals surface area contributed by atoms with Crippen molar-refractivity contribution in [2.24, 2.45) is 0 Å². The highest BCUT2D eigenvalue weighted by Gasteiger charge is 2.25. The van der Waals surface area contributed by atoms with Gasteiger partial charge in [0.05, 0.1) is 16.0 Å². The van der Waals surface area contributed by atoms with Crippen molar-refractivity contribution in [3.05, 3.63) is 75.9 Å². The predicted octanol–water partition coefficient (Wildman–Crippen LogP) is 4.03. The highest BCUT2D eigenvalue weighted by atomic mass is 19.1. The van der Waals surface area contributed by atoms with Crippen LogP contribution in [0.4, 0.5) is 10.1 Å². The first-order chi connectivity index (χ1) is 14.0. The van der Waals surface area contributed by atoms with Gasteiger partial charge < -0.3 is 9.88 Å². The summed E-state index contributed by atoms with van der Waals surface area (Å²) in [5, 5.41) is 10.7. The van der Waals surface area contributed by atoms with Crippen molar-refractivity contribution in [1.29, 1.82) is 0 Å². The summed E-state index contributed by atoms with van der Waals surface area (Å²) >= 11 is 0. The minimum absolute atomic E-state index is 0.0175. The van der Waals surface area contributed by atoms with Gasteiger partial charge in [-0.1, -0.05) is 0 Å². The van der Waals surface area contributed by atoms with Crippen molar-refractivity contribution in [2.75, 3.05) is 13.1 Å². The third kappa shape index (κ3) is 4.16. The number of H-pyrrole nitrogens is 1. The molecule has 0 radical (unpaired) electrons. The van der Waals surface area contributed by atoms with E-state index in [1.165, 1.54) is 30.3 Å². The molecule has 0 bridgehead atoms. The van der Waals surface area contributed by atoms with Crippen LogP contribution in [0.5, 0.6) is 0 Å². The molecule has 1 aromatic heterocycles. The molecular weight excluding hydrogens is 375 g/mol. The van der Waals surface area contributed by atoms with Crippen LogP contribution >= 0.6 is 0 Å². The molecule has 8 heteroatoms. The maximum atomic E-state index is 13.4. The molecule has 148 valence electrons. The van der Waals surface area contributed by atoms with Gasteiger partial charge in [-0.2, -0.15) is 0 Å². The van der Waals surface area contributed by atoms with E-state index in [0.717, 1.165) is 29.7 Å². The number of likely N-dealkylation sites (tertiary alicyclic amines) is 1. The van der Waals surface area contributed by atoms with Gasteiger partial charge in [-0.3, -0.25) is 14.9 Å². The van der Waals surface area contributed by atoms with Crippen LogP contribution in [0.2, 0.25) is 0 Å². The van der Waals surface area contributed by atoms with Crippen molar-refractivity contribution in [2.45, 2.75) is 18.8 Å². The molecule has 29 heavy (non-hydrogen) atoms. The summed E-state index contributed by atoms with van der Waals surface area (Å²) in [5.74, 6) is 0.647. The number of rotatable bonds is 4. The van der Waals surface area contributed by atoms with E-state index >= 15 is 0 Å². The number of carbonyl (C=O) groups is 1. The third-order valence-corrected chi connectivity index (χ3v) is 5.18. The second kappa shape index (κ2) is 7.83. The molecule has 0 saturated carbocycles. The van der Waals surface area contributed by atoms with Crippen LogP contribution in [0.25, 0.3) is 17.1 Å². The van der Waals surface area contributed by atoms with E-state index in [9.17, 15) is 19.3 Å². The Morgan fingerprint density at radius 1 is 1.21 bits per heavy atom. The standard InChI is InChI=1S/C21H19FN4O3/c22-16-4-7-18-19(13-16)24-21(23-18)15-9-11-25(12-10-15)20(27)8-3-14-1-5-17(6-2-14)26(28)29/h1-8,13,15H,9-12H2,(H,23,24)/b8-3+. The zero-order chi connectivity index (χ0) is 20.4. The summed E-state index contributed by atoms with van der Waals surface area (Å²) in [6.07, 6.45) is 4.70. The fourth-order valence-electron chi connectivity index (χ4n) is 3.55. The lowest BCUT2D eigenvalue weighted by molar-refractivity contribution is -0.384. The van der Waals surface area contributed by atoms with E-state index in [0.29, 0.717) is 18.6 Å². The minimum Gasteiger partial charge on any atom is -0.342 e. The summed E-state index contributed by atoms with van der Waals surface area (Å²) in [6.45, 7) is 1.22. The Labute approximate surface area is 166 Å². The van der Waals surface area contributed by atoms with Crippen molar-refractivity contribution >= 4 is 28.7 Å². The number of benzene rings is 2. The molecule has 3 aromatic rings. The number of halogens is 1. The number of amides is 1. The first kappa shape index (κ1) is 18.8. The topological polar surface area (TPSA) is 92.1 Å². The zero-order valence-electron chi connectivity index (χ0n) is 15.5. The Balaban J connectivity index is 1.35. The van der Waals surface area contributed by atoms with Crippen LogP contribution in [-0.4, -0.2) is 38.8 Å². The third-order valence-electron chi connectivity index (χ3n) is 5.18. The van der Waals surface area contributed by atoms with Crippen LogP contribution < -0.4 is 0 Å². The van der Waals surface area contributed by atoms with Crippen LogP contribution in [-0.2, 0) is 4.79 Å². The van der Waals surface area contributed by atoms with E-state index in [2.05, 4.69) is 9.97 Å². The number of imidazole rings is 1. The number of non-ortho nitro benzene ring substituents is 1. The van der Waals surface area contributed by atoms with Gasteiger partial charge in [0.1, 0.15) is 11.6 Å². The molecule has 0 atom stereocenters. The lowest BCUT2D eigenvalue weighted by Crippen LogP contribution is -2.37. The van der Waals surface area contributed by atoms with Crippen LogP contribution in [0.1, 0.15) is 30.1 Å². The second-order valence-corrected chi connectivity index (χ2v) is 7.07. The SMILES string of the molecule is O=C(/C=C/c1ccc([N+](=O)[O-])cc1)N1CCC(c2nc3ccc(F)cc3[nH]2)CC1. The van der Waals surface area contributed by atoms with E-state index in [-0.39, 0.29) is 23.3 Å². The molecule has 1 N–H and O–H groups in total. The lowest BCUT2D eigenvalue weighted by Gasteiger charge is -2.30. The fraction of sp³-hybridized carbons (Fsp3) is 0.238. The van der Waals surface area contributed by atoms with Gasteiger partial charge in [-0.05, 0) is 54.8 Å². The Hall–Kier alpha value is -3.55. The summed E-state index contributed by atoms with van der Waals surface area (Å²) in [5.41, 5.74) is 2.17. The Kier molecular flexibility index (Phi) is 5.07. The Morgan fingerprint density at radius 3 is 2.62 bits per heavy atom. The van der Waals surface area contributed by atoms with E-state index in [1.54, 1.807) is 29.2 Å². The van der Waals surface area contributed by atoms with Crippen molar-refractivity contribution in [3.63, 3.8) is 0 Å². The highest BCUT2D eigenvalue weighted by molar-refractivity contribution is 5.91. The van der Waals surface area contributed by atoms with E-state index in [4.69, 9.17) is 0 Å². The van der Waals surface area contributed by atoms with Gasteiger partial charge in [0.2, 0.25) is 5.91 Å². The first-order valence-corrected chi connectivity index (χ1v) is 9.36. The number of fused-ring (bicyclic) bond motifs is 1. The number of carbonyl (C=O) groups excluding carboxylic acids is 1. The molecule has 1 amide bonds. The maximum Gasteiger partial charge on any atom is 0.269 e. The largest absolute Gasteiger partial charge is 0.342 e. The van der Waals surface area contributed by atoms with Gasteiger partial charge in [0.25, 0.3) is 5.69 Å². The molecule has 0 unspecified atom stereocenters. The molecule has 2 aromatic carbocycles. The molecule has 1 fully saturated rings. The number of aromatic nitrogens is 2. The normalized spacial score (nSPS) is 15.3. The lowest BCUT2D eigenvalue weighted by atomic mass is 9.96. The number of hydrogen-bond donors (Lipinski definition) is 1. The summed E-state index contributed by atoms with van der Waals surface area (Å²) in [7, 11) is 0. The first-order valence-electron chi connectivity index (χ1n) is 9.36. The van der Waals surface area contributed by atoms with Gasteiger partial charge >= 0.3 is 0 Å². The fourth-order valence-corrected chi connectivity index (χ4v) is 3.55. The second-order valence-electron chi connectivity index (χ2n) is 7.07. The van der Waals surface area contributed by atoms with Gasteiger partial charge in [0.15, 0.2) is 0 Å². The van der Waals surface area contributed by atoms with Crippen LogP contribution in [0.15, 0.2) is 48.5 Å². The number of nitrogens with one attached hydrogen (secondary N) is 1. The van der Waals surface area contributed by atoms with Gasteiger partial charge in [0, 0.05) is 37.2 Å². The average molecular weight is 394 g/mol. The van der Waals surface area contributed by atoms with Crippen molar-refractivity contribution in [3.8, 4) is 0 Å². The number of nitrogens with zero attached hydrogens (tertiary/aromatic N) is 3. The van der Waals surface area contributed by atoms with E-state index in [1.807, 2.05) is 0 Å². The number of nitro benzene ring substituents is 1. The number of nitro groups is 1. The van der Waals surface area contributed by atoms with Crippen molar-refractivity contribution < 1.29 is 14.1 Å². The molecular formula is C21H19FN4O3. The predicted molar refractivity (Wildman–Crippen MR) is 107 cm³/mol. The molecule has 1 aliphatic heterocycles. The summed E-state index contributed by atoms with van der Waals surface area (Å²) in [6, 6.07) is 10.5. The Morgan fingerprint density at radius 2 is 1.93 bits per heavy atom. The van der Waals surface area contributed by atoms with Crippen LogP contribution in [0.3, 0.4) is 0 Å². The average Bonchev–Trinajstić information content (AvgIpc) is 3.15. The smallest absolute Gasteiger partial charge is 0.269 e. The molecule has 1 aliphatic rings. The summed E-state index contributed by atoms with van der Waals surface area (Å²) < 4.78 is 13.4.